The fourth-order valence-corrected chi connectivity index (χ4v) is 11.0. The van der Waals surface area contributed by atoms with Crippen molar-refractivity contribution in [3.05, 3.63) is 12.2 Å². The Hall–Kier alpha value is -1.85. The van der Waals surface area contributed by atoms with Gasteiger partial charge in [0.15, 0.2) is 6.10 Å². The van der Waals surface area contributed by atoms with E-state index in [-0.39, 0.29) is 31.1 Å². The van der Waals surface area contributed by atoms with Crippen LogP contribution in [0.15, 0.2) is 12.2 Å². The largest absolute Gasteiger partial charge is 0.462 e. The molecular formula is C71H136O6. The minimum Gasteiger partial charge on any atom is -0.462 e. The summed E-state index contributed by atoms with van der Waals surface area (Å²) in [6.45, 7) is 6.73. The number of ether oxygens (including phenoxy) is 3. The van der Waals surface area contributed by atoms with E-state index in [1.807, 2.05) is 0 Å². The molecule has 0 saturated carbocycles. The fraction of sp³-hybridized carbons (Fsp3) is 0.930. The van der Waals surface area contributed by atoms with Gasteiger partial charge in [0.1, 0.15) is 13.2 Å². The molecule has 0 heterocycles. The molecule has 0 aromatic rings. The Kier molecular flexibility index (Phi) is 65.1. The highest BCUT2D eigenvalue weighted by Gasteiger charge is 2.19. The van der Waals surface area contributed by atoms with Crippen LogP contribution >= 0.6 is 0 Å². The fourth-order valence-electron chi connectivity index (χ4n) is 11.0. The van der Waals surface area contributed by atoms with Gasteiger partial charge in [-0.1, -0.05) is 354 Å². The Balaban J connectivity index is 4.28. The van der Waals surface area contributed by atoms with Crippen LogP contribution in [0.5, 0.6) is 0 Å². The molecule has 0 saturated heterocycles. The van der Waals surface area contributed by atoms with Gasteiger partial charge in [0.25, 0.3) is 0 Å². The summed E-state index contributed by atoms with van der Waals surface area (Å²) in [6.07, 6.45) is 79.5. The summed E-state index contributed by atoms with van der Waals surface area (Å²) in [5.74, 6) is -0.832. The van der Waals surface area contributed by atoms with Crippen LogP contribution in [0, 0.1) is 0 Å². The molecule has 0 fully saturated rings. The Morgan fingerprint density at radius 3 is 0.649 bits per heavy atom. The van der Waals surface area contributed by atoms with Gasteiger partial charge in [-0.3, -0.25) is 14.4 Å². The maximum absolute atomic E-state index is 13.0. The zero-order chi connectivity index (χ0) is 55.7. The van der Waals surface area contributed by atoms with E-state index >= 15 is 0 Å². The lowest BCUT2D eigenvalue weighted by molar-refractivity contribution is -0.167. The first-order chi connectivity index (χ1) is 38.0. The third-order valence-electron chi connectivity index (χ3n) is 16.3. The average Bonchev–Trinajstić information content (AvgIpc) is 3.43. The standard InChI is InChI=1S/C71H136O6/c1-4-7-10-13-16-19-22-25-28-31-33-35-37-40-43-46-49-52-55-58-61-64-70(73)76-67-68(66-75-69(72)63-60-57-54-51-48-45-42-39-30-27-24-21-18-15-12-9-6-3)77-71(74)65-62-59-56-53-50-47-44-41-38-36-34-32-29-26-23-20-17-14-11-8-5-2/h27,30,68H,4-26,28-29,31-67H2,1-3H3/b30-27-/t68-/m1/s1. The molecule has 0 aliphatic heterocycles. The lowest BCUT2D eigenvalue weighted by atomic mass is 10.0. The number of carbonyl (C=O) groups is 3. The lowest BCUT2D eigenvalue weighted by Gasteiger charge is -2.18. The average molecular weight is 1090 g/mol. The van der Waals surface area contributed by atoms with E-state index in [4.69, 9.17) is 14.2 Å². The van der Waals surface area contributed by atoms with E-state index in [2.05, 4.69) is 32.9 Å². The highest BCUT2D eigenvalue weighted by Crippen LogP contribution is 2.19. The molecule has 77 heavy (non-hydrogen) atoms. The molecule has 0 amide bonds. The monoisotopic (exact) mass is 1090 g/mol. The number of allylic oxidation sites excluding steroid dienone is 2. The molecule has 0 bridgehead atoms. The summed E-state index contributed by atoms with van der Waals surface area (Å²) < 4.78 is 17.0. The zero-order valence-corrected chi connectivity index (χ0v) is 52.5. The molecule has 0 radical (unpaired) electrons. The Morgan fingerprint density at radius 2 is 0.429 bits per heavy atom. The molecule has 0 aliphatic carbocycles. The van der Waals surface area contributed by atoms with Crippen molar-refractivity contribution in [3.63, 3.8) is 0 Å². The van der Waals surface area contributed by atoms with Crippen LogP contribution < -0.4 is 0 Å². The highest BCUT2D eigenvalue weighted by molar-refractivity contribution is 5.71. The normalized spacial score (nSPS) is 12.0. The highest BCUT2D eigenvalue weighted by atomic mass is 16.6. The van der Waals surface area contributed by atoms with Crippen LogP contribution in [0.4, 0.5) is 0 Å². The van der Waals surface area contributed by atoms with Crippen LogP contribution in [0.2, 0.25) is 0 Å². The van der Waals surface area contributed by atoms with Gasteiger partial charge in [0.2, 0.25) is 0 Å². The number of esters is 3. The summed E-state index contributed by atoms with van der Waals surface area (Å²) in [5, 5.41) is 0. The van der Waals surface area contributed by atoms with Gasteiger partial charge in [-0.2, -0.15) is 0 Å². The molecule has 0 aromatic heterocycles. The molecule has 0 N–H and O–H groups in total. The van der Waals surface area contributed by atoms with Crippen molar-refractivity contribution >= 4 is 17.9 Å². The third kappa shape index (κ3) is 64.9. The Labute approximate surface area is 481 Å². The maximum atomic E-state index is 13.0. The summed E-state index contributed by atoms with van der Waals surface area (Å²) in [7, 11) is 0. The number of carbonyl (C=O) groups excluding carboxylic acids is 3. The van der Waals surface area contributed by atoms with Crippen LogP contribution in [0.1, 0.15) is 406 Å². The molecule has 0 unspecified atom stereocenters. The Morgan fingerprint density at radius 1 is 0.247 bits per heavy atom. The van der Waals surface area contributed by atoms with Gasteiger partial charge in [-0.15, -0.1) is 0 Å². The predicted molar refractivity (Wildman–Crippen MR) is 335 cm³/mol. The van der Waals surface area contributed by atoms with Gasteiger partial charge >= 0.3 is 17.9 Å². The van der Waals surface area contributed by atoms with E-state index in [1.165, 1.54) is 308 Å². The van der Waals surface area contributed by atoms with Gasteiger partial charge in [-0.25, -0.2) is 0 Å². The molecular weight excluding hydrogens is 949 g/mol. The molecule has 0 aliphatic rings. The van der Waals surface area contributed by atoms with Crippen molar-refractivity contribution in [2.75, 3.05) is 13.2 Å². The van der Waals surface area contributed by atoms with Crippen LogP contribution in [0.3, 0.4) is 0 Å². The van der Waals surface area contributed by atoms with Crippen LogP contribution in [-0.2, 0) is 28.6 Å². The predicted octanol–water partition coefficient (Wildman–Crippen LogP) is 24.0. The van der Waals surface area contributed by atoms with E-state index in [1.54, 1.807) is 0 Å². The van der Waals surface area contributed by atoms with Crippen molar-refractivity contribution in [3.8, 4) is 0 Å². The van der Waals surface area contributed by atoms with Gasteiger partial charge in [0, 0.05) is 19.3 Å². The summed E-state index contributed by atoms with van der Waals surface area (Å²) in [5.41, 5.74) is 0. The van der Waals surface area contributed by atoms with Crippen molar-refractivity contribution in [1.29, 1.82) is 0 Å². The van der Waals surface area contributed by atoms with Crippen molar-refractivity contribution in [2.45, 2.75) is 412 Å². The molecule has 6 nitrogen and oxygen atoms in total. The molecule has 1 atom stereocenters. The second-order valence-corrected chi connectivity index (χ2v) is 24.2. The van der Waals surface area contributed by atoms with E-state index in [0.29, 0.717) is 19.3 Å². The molecule has 456 valence electrons. The van der Waals surface area contributed by atoms with Gasteiger partial charge in [-0.05, 0) is 44.9 Å². The van der Waals surface area contributed by atoms with Crippen LogP contribution in [-0.4, -0.2) is 37.2 Å². The van der Waals surface area contributed by atoms with E-state index < -0.39 is 6.10 Å². The summed E-state index contributed by atoms with van der Waals surface area (Å²) in [6, 6.07) is 0. The van der Waals surface area contributed by atoms with E-state index in [9.17, 15) is 14.4 Å². The first-order valence-electron chi connectivity index (χ1n) is 35.2. The van der Waals surface area contributed by atoms with Gasteiger partial charge < -0.3 is 14.2 Å². The van der Waals surface area contributed by atoms with E-state index in [0.717, 1.165) is 57.8 Å². The Bertz CT molecular complexity index is 1200. The summed E-state index contributed by atoms with van der Waals surface area (Å²) in [4.78, 5) is 38.4. The zero-order valence-electron chi connectivity index (χ0n) is 52.5. The quantitative estimate of drug-likeness (QED) is 0.0261. The van der Waals surface area contributed by atoms with Gasteiger partial charge in [0.05, 0.1) is 0 Å². The number of hydrogen-bond acceptors (Lipinski definition) is 6. The molecule has 0 spiro atoms. The SMILES string of the molecule is CCCCCCCC/C=C\CCCCCCCCCC(=O)OC[C@H](COC(=O)CCCCCCCCCCCCCCCCCCCCCCC)OC(=O)CCCCCCCCCCCCCCCCCCCCCCC. The maximum Gasteiger partial charge on any atom is 0.306 e. The van der Waals surface area contributed by atoms with Crippen molar-refractivity contribution in [2.24, 2.45) is 0 Å². The topological polar surface area (TPSA) is 78.9 Å². The second kappa shape index (κ2) is 66.7. The smallest absolute Gasteiger partial charge is 0.306 e. The molecule has 6 heteroatoms. The minimum atomic E-state index is -0.768. The first kappa shape index (κ1) is 75.2. The van der Waals surface area contributed by atoms with Crippen molar-refractivity contribution < 1.29 is 28.6 Å². The number of hydrogen-bond donors (Lipinski definition) is 0. The third-order valence-corrected chi connectivity index (χ3v) is 16.3. The minimum absolute atomic E-state index is 0.0642. The molecule has 0 aromatic carbocycles. The summed E-state index contributed by atoms with van der Waals surface area (Å²) >= 11 is 0. The number of unbranched alkanes of at least 4 members (excludes halogenated alkanes) is 53. The van der Waals surface area contributed by atoms with Crippen molar-refractivity contribution in [1.82, 2.24) is 0 Å². The lowest BCUT2D eigenvalue weighted by Crippen LogP contribution is -2.30. The first-order valence-corrected chi connectivity index (χ1v) is 35.2. The number of rotatable bonds is 66. The molecule has 0 rings (SSSR count). The second-order valence-electron chi connectivity index (χ2n) is 24.2. The van der Waals surface area contributed by atoms with Crippen LogP contribution in [0.25, 0.3) is 0 Å².